The first-order valence-corrected chi connectivity index (χ1v) is 5.29. The fourth-order valence-corrected chi connectivity index (χ4v) is 1.71. The Balaban J connectivity index is 3.34. The van der Waals surface area contributed by atoms with Gasteiger partial charge in [0.15, 0.2) is 0 Å². The Morgan fingerprint density at radius 2 is 2.00 bits per heavy atom. The zero-order valence-corrected chi connectivity index (χ0v) is 10.3. The van der Waals surface area contributed by atoms with Crippen molar-refractivity contribution in [3.63, 3.8) is 0 Å². The van der Waals surface area contributed by atoms with E-state index in [-0.39, 0.29) is 5.41 Å². The third-order valence-corrected chi connectivity index (χ3v) is 2.41. The van der Waals surface area contributed by atoms with Crippen molar-refractivity contribution in [2.75, 3.05) is 7.11 Å². The summed E-state index contributed by atoms with van der Waals surface area (Å²) in [5.41, 5.74) is 7.81. The van der Waals surface area contributed by atoms with Crippen molar-refractivity contribution in [2.24, 2.45) is 5.73 Å². The van der Waals surface area contributed by atoms with E-state index in [9.17, 15) is 0 Å². The van der Waals surface area contributed by atoms with E-state index in [1.807, 2.05) is 11.6 Å². The lowest BCUT2D eigenvalue weighted by Crippen LogP contribution is -2.16. The summed E-state index contributed by atoms with van der Waals surface area (Å²) >= 11 is 0. The Kier molecular flexibility index (Phi) is 3.39. The summed E-state index contributed by atoms with van der Waals surface area (Å²) in [6, 6.07) is 0. The molecule has 0 unspecified atom stereocenters. The van der Waals surface area contributed by atoms with E-state index in [4.69, 9.17) is 10.5 Å². The standard InChI is InChI=1S/C11H21N3O/c1-6-14-10(15-5)8(7-12)9(13-14)11(2,3)4/h6-7,12H2,1-5H3. The normalized spacial score (nSPS) is 11.9. The van der Waals surface area contributed by atoms with Gasteiger partial charge < -0.3 is 10.5 Å². The van der Waals surface area contributed by atoms with E-state index in [1.54, 1.807) is 7.11 Å². The van der Waals surface area contributed by atoms with Gasteiger partial charge in [-0.05, 0) is 6.92 Å². The van der Waals surface area contributed by atoms with Gasteiger partial charge in [0.2, 0.25) is 5.88 Å². The van der Waals surface area contributed by atoms with E-state index in [0.29, 0.717) is 6.54 Å². The molecule has 0 atom stereocenters. The van der Waals surface area contributed by atoms with Crippen LogP contribution in [-0.2, 0) is 18.5 Å². The fraction of sp³-hybridized carbons (Fsp3) is 0.727. The average molecular weight is 211 g/mol. The van der Waals surface area contributed by atoms with Crippen LogP contribution in [0.1, 0.15) is 39.0 Å². The zero-order chi connectivity index (χ0) is 11.6. The molecule has 0 bridgehead atoms. The Labute approximate surface area is 91.4 Å². The molecule has 1 aromatic rings. The summed E-state index contributed by atoms with van der Waals surface area (Å²) in [5.74, 6) is 0.796. The summed E-state index contributed by atoms with van der Waals surface area (Å²) in [6.07, 6.45) is 0. The van der Waals surface area contributed by atoms with Crippen LogP contribution < -0.4 is 10.5 Å². The molecule has 0 amide bonds. The second-order valence-corrected chi connectivity index (χ2v) is 4.61. The molecule has 0 aromatic carbocycles. The van der Waals surface area contributed by atoms with E-state index in [0.717, 1.165) is 23.7 Å². The van der Waals surface area contributed by atoms with E-state index in [2.05, 4.69) is 25.9 Å². The molecular weight excluding hydrogens is 190 g/mol. The topological polar surface area (TPSA) is 53.1 Å². The van der Waals surface area contributed by atoms with Crippen molar-refractivity contribution in [2.45, 2.75) is 46.2 Å². The second kappa shape index (κ2) is 4.23. The molecule has 0 aliphatic carbocycles. The number of hydrogen-bond donors (Lipinski definition) is 1. The zero-order valence-electron chi connectivity index (χ0n) is 10.3. The first-order valence-electron chi connectivity index (χ1n) is 5.29. The third kappa shape index (κ3) is 2.15. The van der Waals surface area contributed by atoms with Crippen LogP contribution in [-0.4, -0.2) is 16.9 Å². The van der Waals surface area contributed by atoms with Crippen molar-refractivity contribution in [1.82, 2.24) is 9.78 Å². The van der Waals surface area contributed by atoms with Crippen LogP contribution >= 0.6 is 0 Å². The molecule has 15 heavy (non-hydrogen) atoms. The van der Waals surface area contributed by atoms with Crippen LogP contribution in [0.5, 0.6) is 5.88 Å². The molecule has 1 aromatic heterocycles. The molecule has 1 heterocycles. The smallest absolute Gasteiger partial charge is 0.216 e. The molecule has 4 nitrogen and oxygen atoms in total. The summed E-state index contributed by atoms with van der Waals surface area (Å²) < 4.78 is 7.22. The number of ether oxygens (including phenoxy) is 1. The van der Waals surface area contributed by atoms with Crippen LogP contribution in [0, 0.1) is 0 Å². The summed E-state index contributed by atoms with van der Waals surface area (Å²) in [4.78, 5) is 0. The molecule has 0 aliphatic heterocycles. The quantitative estimate of drug-likeness (QED) is 0.827. The Bertz CT molecular complexity index is 336. The number of aromatic nitrogens is 2. The van der Waals surface area contributed by atoms with Crippen LogP contribution in [0.4, 0.5) is 0 Å². The van der Waals surface area contributed by atoms with Crippen molar-refractivity contribution >= 4 is 0 Å². The first-order chi connectivity index (χ1) is 6.95. The van der Waals surface area contributed by atoms with Gasteiger partial charge in [0.05, 0.1) is 18.4 Å². The Morgan fingerprint density at radius 3 is 2.33 bits per heavy atom. The number of hydrogen-bond acceptors (Lipinski definition) is 3. The van der Waals surface area contributed by atoms with Crippen molar-refractivity contribution in [3.05, 3.63) is 11.3 Å². The minimum atomic E-state index is 0.00238. The first kappa shape index (κ1) is 12.0. The maximum Gasteiger partial charge on any atom is 0.216 e. The minimum Gasteiger partial charge on any atom is -0.481 e. The number of methoxy groups -OCH3 is 1. The monoisotopic (exact) mass is 211 g/mol. The van der Waals surface area contributed by atoms with Crippen LogP contribution in [0.2, 0.25) is 0 Å². The van der Waals surface area contributed by atoms with Crippen LogP contribution in [0.15, 0.2) is 0 Å². The summed E-state index contributed by atoms with van der Waals surface area (Å²) in [5, 5.41) is 4.55. The van der Waals surface area contributed by atoms with E-state index < -0.39 is 0 Å². The van der Waals surface area contributed by atoms with Gasteiger partial charge in [-0.25, -0.2) is 4.68 Å². The molecule has 2 N–H and O–H groups in total. The van der Waals surface area contributed by atoms with Crippen LogP contribution in [0.3, 0.4) is 0 Å². The van der Waals surface area contributed by atoms with Gasteiger partial charge in [-0.2, -0.15) is 5.10 Å². The predicted octanol–water partition coefficient (Wildman–Crippen LogP) is 1.67. The fourth-order valence-electron chi connectivity index (χ4n) is 1.71. The van der Waals surface area contributed by atoms with Gasteiger partial charge in [-0.15, -0.1) is 0 Å². The molecule has 0 saturated carbocycles. The van der Waals surface area contributed by atoms with Gasteiger partial charge in [-0.1, -0.05) is 20.8 Å². The molecule has 4 heteroatoms. The second-order valence-electron chi connectivity index (χ2n) is 4.61. The van der Waals surface area contributed by atoms with Gasteiger partial charge >= 0.3 is 0 Å². The summed E-state index contributed by atoms with van der Waals surface area (Å²) in [7, 11) is 1.66. The molecular formula is C11H21N3O. The number of rotatable bonds is 3. The average Bonchev–Trinajstić information content (AvgIpc) is 2.54. The van der Waals surface area contributed by atoms with Gasteiger partial charge in [0.1, 0.15) is 0 Å². The Morgan fingerprint density at radius 1 is 1.40 bits per heavy atom. The van der Waals surface area contributed by atoms with Crippen molar-refractivity contribution in [3.8, 4) is 5.88 Å². The molecule has 0 saturated heterocycles. The lowest BCUT2D eigenvalue weighted by atomic mass is 9.89. The van der Waals surface area contributed by atoms with Crippen molar-refractivity contribution < 1.29 is 4.74 Å². The highest BCUT2D eigenvalue weighted by Gasteiger charge is 2.25. The highest BCUT2D eigenvalue weighted by atomic mass is 16.5. The van der Waals surface area contributed by atoms with E-state index >= 15 is 0 Å². The largest absolute Gasteiger partial charge is 0.481 e. The third-order valence-electron chi connectivity index (χ3n) is 2.41. The Hall–Kier alpha value is -1.03. The highest BCUT2D eigenvalue weighted by Crippen LogP contribution is 2.30. The molecule has 0 fully saturated rings. The number of nitrogens with two attached hydrogens (primary N) is 1. The molecule has 0 aliphatic rings. The van der Waals surface area contributed by atoms with Gasteiger partial charge in [-0.3, -0.25) is 0 Å². The molecule has 0 spiro atoms. The lowest BCUT2D eigenvalue weighted by Gasteiger charge is -2.16. The number of nitrogens with zero attached hydrogens (tertiary/aromatic N) is 2. The predicted molar refractivity (Wildman–Crippen MR) is 61.0 cm³/mol. The van der Waals surface area contributed by atoms with Crippen LogP contribution in [0.25, 0.3) is 0 Å². The number of aryl methyl sites for hydroxylation is 1. The SMILES string of the molecule is CCn1nc(C(C)(C)C)c(CN)c1OC. The highest BCUT2D eigenvalue weighted by molar-refractivity contribution is 5.35. The molecule has 1 rings (SSSR count). The van der Waals surface area contributed by atoms with E-state index in [1.165, 1.54) is 0 Å². The van der Waals surface area contributed by atoms with Gasteiger partial charge in [0, 0.05) is 18.5 Å². The molecule has 86 valence electrons. The minimum absolute atomic E-state index is 0.00238. The molecule has 0 radical (unpaired) electrons. The van der Waals surface area contributed by atoms with Crippen molar-refractivity contribution in [1.29, 1.82) is 0 Å². The lowest BCUT2D eigenvalue weighted by molar-refractivity contribution is 0.360. The maximum atomic E-state index is 5.76. The summed E-state index contributed by atoms with van der Waals surface area (Å²) in [6.45, 7) is 9.71. The maximum absolute atomic E-state index is 5.76. The van der Waals surface area contributed by atoms with Gasteiger partial charge in [0.25, 0.3) is 0 Å².